The third kappa shape index (κ3) is 3.08. The summed E-state index contributed by atoms with van der Waals surface area (Å²) in [4.78, 5) is 4.38. The van der Waals surface area contributed by atoms with Crippen LogP contribution in [0.25, 0.3) is 17.0 Å². The first-order chi connectivity index (χ1) is 11.1. The van der Waals surface area contributed by atoms with Gasteiger partial charge < -0.3 is 0 Å². The summed E-state index contributed by atoms with van der Waals surface area (Å²) in [7, 11) is 0. The molecule has 0 unspecified atom stereocenters. The van der Waals surface area contributed by atoms with Crippen LogP contribution in [0.4, 0.5) is 0 Å². The van der Waals surface area contributed by atoms with E-state index < -0.39 is 0 Å². The second-order valence-electron chi connectivity index (χ2n) is 5.40. The number of aryl methyl sites for hydroxylation is 1. The molecule has 5 nitrogen and oxygen atoms in total. The molecule has 23 heavy (non-hydrogen) atoms. The highest BCUT2D eigenvalue weighted by Gasteiger charge is 2.06. The predicted octanol–water partition coefficient (Wildman–Crippen LogP) is 2.93. The van der Waals surface area contributed by atoms with Crippen molar-refractivity contribution in [1.29, 1.82) is 10.8 Å². The Labute approximate surface area is 134 Å². The maximum atomic E-state index is 8.24. The van der Waals surface area contributed by atoms with Gasteiger partial charge in [0, 0.05) is 18.0 Å². The van der Waals surface area contributed by atoms with Crippen molar-refractivity contribution in [2.45, 2.75) is 13.3 Å². The smallest absolute Gasteiger partial charge is 0.148 e. The SMILES string of the molecule is C=Cc1cnc2ccc(CC(=N)n3nc(C)ccc3=N)cc2c1. The normalized spacial score (nSPS) is 10.7. The average molecular weight is 303 g/mol. The van der Waals surface area contributed by atoms with E-state index in [1.165, 1.54) is 4.68 Å². The predicted molar refractivity (Wildman–Crippen MR) is 91.5 cm³/mol. The van der Waals surface area contributed by atoms with E-state index in [2.05, 4.69) is 16.7 Å². The summed E-state index contributed by atoms with van der Waals surface area (Å²) in [6.45, 7) is 5.61. The van der Waals surface area contributed by atoms with Gasteiger partial charge in [-0.1, -0.05) is 18.7 Å². The van der Waals surface area contributed by atoms with E-state index in [1.54, 1.807) is 24.4 Å². The molecule has 0 saturated carbocycles. The summed E-state index contributed by atoms with van der Waals surface area (Å²) in [6.07, 6.45) is 3.96. The Kier molecular flexibility index (Phi) is 3.85. The minimum atomic E-state index is 0.206. The van der Waals surface area contributed by atoms with Crippen molar-refractivity contribution in [3.8, 4) is 0 Å². The molecule has 0 radical (unpaired) electrons. The Hall–Kier alpha value is -3.08. The van der Waals surface area contributed by atoms with Crippen molar-refractivity contribution >= 4 is 22.8 Å². The third-order valence-corrected chi connectivity index (χ3v) is 3.60. The van der Waals surface area contributed by atoms with Crippen LogP contribution in [-0.2, 0) is 6.42 Å². The number of hydrogen-bond acceptors (Lipinski definition) is 4. The van der Waals surface area contributed by atoms with Crippen LogP contribution in [0.15, 0.2) is 49.2 Å². The van der Waals surface area contributed by atoms with Crippen molar-refractivity contribution in [1.82, 2.24) is 14.8 Å². The zero-order chi connectivity index (χ0) is 16.4. The van der Waals surface area contributed by atoms with Gasteiger partial charge in [0.1, 0.15) is 11.3 Å². The van der Waals surface area contributed by atoms with Crippen molar-refractivity contribution < 1.29 is 0 Å². The number of nitrogens with zero attached hydrogens (tertiary/aromatic N) is 3. The highest BCUT2D eigenvalue weighted by atomic mass is 15.3. The Morgan fingerprint density at radius 1 is 1.26 bits per heavy atom. The lowest BCUT2D eigenvalue weighted by Crippen LogP contribution is -2.30. The second-order valence-corrected chi connectivity index (χ2v) is 5.40. The molecule has 114 valence electrons. The number of pyridine rings is 1. The molecular formula is C18H17N5. The molecule has 0 atom stereocenters. The summed E-state index contributed by atoms with van der Waals surface area (Å²) < 4.78 is 1.36. The van der Waals surface area contributed by atoms with Gasteiger partial charge in [-0.25, -0.2) is 4.68 Å². The lowest BCUT2D eigenvalue weighted by atomic mass is 10.1. The Bertz CT molecular complexity index is 969. The molecule has 0 bridgehead atoms. The third-order valence-electron chi connectivity index (χ3n) is 3.60. The van der Waals surface area contributed by atoms with Crippen molar-refractivity contribution in [3.63, 3.8) is 0 Å². The summed E-state index contributed by atoms with van der Waals surface area (Å²) in [5.41, 5.74) is 3.85. The molecule has 5 heteroatoms. The van der Waals surface area contributed by atoms with Gasteiger partial charge in [0.05, 0.1) is 11.2 Å². The van der Waals surface area contributed by atoms with Gasteiger partial charge in [-0.2, -0.15) is 5.10 Å². The fourth-order valence-electron chi connectivity index (χ4n) is 2.41. The Morgan fingerprint density at radius 3 is 2.87 bits per heavy atom. The number of benzene rings is 1. The number of rotatable bonds is 3. The number of aromatic nitrogens is 3. The first-order valence-electron chi connectivity index (χ1n) is 7.27. The van der Waals surface area contributed by atoms with Crippen LogP contribution in [-0.4, -0.2) is 20.6 Å². The van der Waals surface area contributed by atoms with Crippen LogP contribution in [0.3, 0.4) is 0 Å². The molecule has 0 aliphatic carbocycles. The van der Waals surface area contributed by atoms with Crippen molar-refractivity contribution in [2.75, 3.05) is 0 Å². The van der Waals surface area contributed by atoms with E-state index in [0.717, 1.165) is 27.7 Å². The summed E-state index contributed by atoms with van der Waals surface area (Å²) in [5, 5.41) is 21.4. The van der Waals surface area contributed by atoms with Gasteiger partial charge in [-0.3, -0.25) is 15.8 Å². The zero-order valence-electron chi connectivity index (χ0n) is 12.9. The number of hydrogen-bond donors (Lipinski definition) is 2. The van der Waals surface area contributed by atoms with Gasteiger partial charge in [-0.15, -0.1) is 0 Å². The molecule has 3 rings (SSSR count). The molecular weight excluding hydrogens is 286 g/mol. The van der Waals surface area contributed by atoms with Gasteiger partial charge >= 0.3 is 0 Å². The molecule has 0 spiro atoms. The van der Waals surface area contributed by atoms with Crippen LogP contribution in [0.5, 0.6) is 0 Å². The van der Waals surface area contributed by atoms with Crippen LogP contribution < -0.4 is 5.49 Å². The molecule has 2 aromatic heterocycles. The van der Waals surface area contributed by atoms with E-state index in [1.807, 2.05) is 31.2 Å². The standard InChI is InChI=1S/C18H17N5/c1-3-13-8-15-9-14(5-6-16(15)21-11-13)10-18(20)23-17(19)7-4-12(2)22-23/h3-9,11,19-20H,1,10H2,2H3. The fourth-order valence-corrected chi connectivity index (χ4v) is 2.41. The van der Waals surface area contributed by atoms with Crippen LogP contribution in [0.1, 0.15) is 16.8 Å². The van der Waals surface area contributed by atoms with Gasteiger partial charge in [-0.05, 0) is 48.4 Å². The van der Waals surface area contributed by atoms with Crippen LogP contribution >= 0.6 is 0 Å². The van der Waals surface area contributed by atoms with E-state index >= 15 is 0 Å². The summed E-state index contributed by atoms with van der Waals surface area (Å²) >= 11 is 0. The van der Waals surface area contributed by atoms with E-state index in [9.17, 15) is 0 Å². The second kappa shape index (κ2) is 5.96. The minimum absolute atomic E-state index is 0.206. The van der Waals surface area contributed by atoms with Gasteiger partial charge in [0.25, 0.3) is 0 Å². The van der Waals surface area contributed by atoms with Crippen molar-refractivity contribution in [3.05, 3.63) is 71.5 Å². The molecule has 0 aliphatic heterocycles. The summed E-state index contributed by atoms with van der Waals surface area (Å²) in [6, 6.07) is 11.4. The Balaban J connectivity index is 1.94. The Morgan fingerprint density at radius 2 is 2.09 bits per heavy atom. The first kappa shape index (κ1) is 14.8. The molecule has 0 fully saturated rings. The lowest BCUT2D eigenvalue weighted by Gasteiger charge is -2.09. The molecule has 2 N–H and O–H groups in total. The number of fused-ring (bicyclic) bond motifs is 1. The maximum absolute atomic E-state index is 8.24. The molecule has 2 heterocycles. The maximum Gasteiger partial charge on any atom is 0.148 e. The molecule has 0 saturated heterocycles. The van der Waals surface area contributed by atoms with Crippen LogP contribution in [0.2, 0.25) is 0 Å². The summed E-state index contributed by atoms with van der Waals surface area (Å²) in [5.74, 6) is 0.269. The minimum Gasteiger partial charge on any atom is -0.286 e. The van der Waals surface area contributed by atoms with E-state index in [4.69, 9.17) is 10.8 Å². The monoisotopic (exact) mass is 303 g/mol. The van der Waals surface area contributed by atoms with Crippen molar-refractivity contribution in [2.24, 2.45) is 0 Å². The van der Waals surface area contributed by atoms with E-state index in [0.29, 0.717) is 6.42 Å². The van der Waals surface area contributed by atoms with Gasteiger partial charge in [0.2, 0.25) is 0 Å². The van der Waals surface area contributed by atoms with Gasteiger partial charge in [0.15, 0.2) is 0 Å². The largest absolute Gasteiger partial charge is 0.286 e. The highest BCUT2D eigenvalue weighted by Crippen LogP contribution is 2.16. The fraction of sp³-hybridized carbons (Fsp3) is 0.111. The quantitative estimate of drug-likeness (QED) is 0.576. The molecule has 0 aliphatic rings. The van der Waals surface area contributed by atoms with E-state index in [-0.39, 0.29) is 11.3 Å². The molecule has 3 aromatic rings. The first-order valence-corrected chi connectivity index (χ1v) is 7.27. The topological polar surface area (TPSA) is 78.4 Å². The number of nitrogens with one attached hydrogen (secondary N) is 2. The van der Waals surface area contributed by atoms with Crippen LogP contribution in [0, 0.1) is 17.7 Å². The highest BCUT2D eigenvalue weighted by molar-refractivity contribution is 5.86. The molecule has 1 aromatic carbocycles. The molecule has 0 amide bonds. The zero-order valence-corrected chi connectivity index (χ0v) is 12.9. The lowest BCUT2D eigenvalue weighted by molar-refractivity contribution is 0.776. The average Bonchev–Trinajstić information content (AvgIpc) is 2.56.